The molecule has 0 saturated heterocycles. The summed E-state index contributed by atoms with van der Waals surface area (Å²) in [6.45, 7) is 5.73. The van der Waals surface area contributed by atoms with Crippen LogP contribution in [0.3, 0.4) is 0 Å². The summed E-state index contributed by atoms with van der Waals surface area (Å²) in [5.41, 5.74) is 2.18. The molecule has 0 radical (unpaired) electrons. The third-order valence-electron chi connectivity index (χ3n) is 3.75. The van der Waals surface area contributed by atoms with Gasteiger partial charge in [0.15, 0.2) is 0 Å². The molecule has 0 aromatic heterocycles. The van der Waals surface area contributed by atoms with Crippen LogP contribution in [0.5, 0.6) is 0 Å². The van der Waals surface area contributed by atoms with E-state index in [0.29, 0.717) is 5.69 Å². The highest BCUT2D eigenvalue weighted by atomic mass is 32.2. The standard InChI is InChI=1S/C16H18N2O4S/c1-4-17(16-10-5-7-12(2)13(16)3)23(21,22)15-9-6-8-14(11-15)18(19)20/h5-11H,4H2,1-3H3. The van der Waals surface area contributed by atoms with Crippen LogP contribution >= 0.6 is 0 Å². The zero-order valence-corrected chi connectivity index (χ0v) is 14.0. The Morgan fingerprint density at radius 3 is 2.39 bits per heavy atom. The fraction of sp³-hybridized carbons (Fsp3) is 0.250. The molecule has 122 valence electrons. The number of nitro benzene ring substituents is 1. The molecule has 6 nitrogen and oxygen atoms in total. The van der Waals surface area contributed by atoms with Crippen molar-refractivity contribution in [3.05, 3.63) is 63.7 Å². The Labute approximate surface area is 135 Å². The Balaban J connectivity index is 2.58. The first kappa shape index (κ1) is 17.0. The van der Waals surface area contributed by atoms with E-state index in [-0.39, 0.29) is 17.1 Å². The maximum Gasteiger partial charge on any atom is 0.270 e. The number of aryl methyl sites for hydroxylation is 1. The van der Waals surface area contributed by atoms with E-state index >= 15 is 0 Å². The smallest absolute Gasteiger partial charge is 0.266 e. The molecule has 0 bridgehead atoms. The molecule has 0 spiro atoms. The Hall–Kier alpha value is -2.41. The average molecular weight is 334 g/mol. The number of hydrogen-bond donors (Lipinski definition) is 0. The van der Waals surface area contributed by atoms with Gasteiger partial charge in [0, 0.05) is 18.7 Å². The van der Waals surface area contributed by atoms with Gasteiger partial charge in [-0.15, -0.1) is 0 Å². The molecule has 7 heteroatoms. The second-order valence-corrected chi connectivity index (χ2v) is 7.01. The van der Waals surface area contributed by atoms with Crippen molar-refractivity contribution in [2.75, 3.05) is 10.8 Å². The maximum absolute atomic E-state index is 12.9. The monoisotopic (exact) mass is 334 g/mol. The third kappa shape index (κ3) is 3.19. The predicted molar refractivity (Wildman–Crippen MR) is 89.2 cm³/mol. The van der Waals surface area contributed by atoms with Gasteiger partial charge in [0.2, 0.25) is 0 Å². The van der Waals surface area contributed by atoms with Gasteiger partial charge in [-0.3, -0.25) is 14.4 Å². The number of rotatable bonds is 5. The van der Waals surface area contributed by atoms with Crippen LogP contribution in [0.4, 0.5) is 11.4 Å². The van der Waals surface area contributed by atoms with Gasteiger partial charge >= 0.3 is 0 Å². The lowest BCUT2D eigenvalue weighted by Crippen LogP contribution is -2.31. The summed E-state index contributed by atoms with van der Waals surface area (Å²) in [6.07, 6.45) is 0. The number of hydrogen-bond acceptors (Lipinski definition) is 4. The molecule has 0 amide bonds. The largest absolute Gasteiger partial charge is 0.270 e. The number of nitrogens with zero attached hydrogens (tertiary/aromatic N) is 2. The van der Waals surface area contributed by atoms with Crippen molar-refractivity contribution < 1.29 is 13.3 Å². The van der Waals surface area contributed by atoms with E-state index in [0.717, 1.165) is 17.2 Å². The van der Waals surface area contributed by atoms with Crippen molar-refractivity contribution in [2.45, 2.75) is 25.7 Å². The fourth-order valence-corrected chi connectivity index (χ4v) is 3.93. The highest BCUT2D eigenvalue weighted by molar-refractivity contribution is 7.92. The zero-order valence-electron chi connectivity index (χ0n) is 13.2. The molecule has 0 saturated carbocycles. The van der Waals surface area contributed by atoms with Crippen molar-refractivity contribution in [3.8, 4) is 0 Å². The second-order valence-electron chi connectivity index (χ2n) is 5.14. The van der Waals surface area contributed by atoms with Crippen LogP contribution in [0.25, 0.3) is 0 Å². The van der Waals surface area contributed by atoms with Crippen LogP contribution in [0.15, 0.2) is 47.4 Å². The van der Waals surface area contributed by atoms with Crippen LogP contribution in [0, 0.1) is 24.0 Å². The summed E-state index contributed by atoms with van der Waals surface area (Å²) >= 11 is 0. The van der Waals surface area contributed by atoms with Crippen molar-refractivity contribution >= 4 is 21.4 Å². The Morgan fingerprint density at radius 2 is 1.78 bits per heavy atom. The van der Waals surface area contributed by atoms with Crippen LogP contribution in [-0.4, -0.2) is 19.9 Å². The lowest BCUT2D eigenvalue weighted by molar-refractivity contribution is -0.385. The molecule has 2 aromatic rings. The van der Waals surface area contributed by atoms with Crippen molar-refractivity contribution in [1.82, 2.24) is 0 Å². The summed E-state index contributed by atoms with van der Waals surface area (Å²) in [5, 5.41) is 10.9. The van der Waals surface area contributed by atoms with E-state index in [1.54, 1.807) is 19.1 Å². The third-order valence-corrected chi connectivity index (χ3v) is 5.63. The van der Waals surface area contributed by atoms with Gasteiger partial charge in [0.25, 0.3) is 15.7 Å². The van der Waals surface area contributed by atoms with Crippen LogP contribution in [-0.2, 0) is 10.0 Å². The molecule has 0 aliphatic carbocycles. The molecule has 2 rings (SSSR count). The van der Waals surface area contributed by atoms with Gasteiger partial charge in [-0.25, -0.2) is 8.42 Å². The van der Waals surface area contributed by atoms with Crippen LogP contribution < -0.4 is 4.31 Å². The lowest BCUT2D eigenvalue weighted by Gasteiger charge is -2.25. The Morgan fingerprint density at radius 1 is 1.13 bits per heavy atom. The van der Waals surface area contributed by atoms with Gasteiger partial charge in [0.05, 0.1) is 15.5 Å². The minimum absolute atomic E-state index is 0.0885. The first-order valence-corrected chi connectivity index (χ1v) is 8.56. The number of nitro groups is 1. The molecular weight excluding hydrogens is 316 g/mol. The molecule has 2 aromatic carbocycles. The predicted octanol–water partition coefficient (Wildman–Crippen LogP) is 3.43. The molecule has 0 aliphatic rings. The summed E-state index contributed by atoms with van der Waals surface area (Å²) in [5.74, 6) is 0. The summed E-state index contributed by atoms with van der Waals surface area (Å²) in [6, 6.07) is 10.5. The topological polar surface area (TPSA) is 80.5 Å². The number of benzene rings is 2. The number of non-ortho nitro benzene ring substituents is 1. The molecule has 0 heterocycles. The number of sulfonamides is 1. The van der Waals surface area contributed by atoms with Gasteiger partial charge < -0.3 is 0 Å². The van der Waals surface area contributed by atoms with Crippen molar-refractivity contribution in [2.24, 2.45) is 0 Å². The minimum Gasteiger partial charge on any atom is -0.266 e. The molecule has 23 heavy (non-hydrogen) atoms. The van der Waals surface area contributed by atoms with Gasteiger partial charge in [-0.2, -0.15) is 0 Å². The summed E-state index contributed by atoms with van der Waals surface area (Å²) in [7, 11) is -3.87. The highest BCUT2D eigenvalue weighted by Gasteiger charge is 2.26. The van der Waals surface area contributed by atoms with Crippen molar-refractivity contribution in [1.29, 1.82) is 0 Å². The molecule has 0 N–H and O–H groups in total. The van der Waals surface area contributed by atoms with E-state index in [1.807, 2.05) is 19.9 Å². The average Bonchev–Trinajstić information content (AvgIpc) is 2.52. The first-order valence-electron chi connectivity index (χ1n) is 7.12. The van der Waals surface area contributed by atoms with Gasteiger partial charge in [0.1, 0.15) is 0 Å². The van der Waals surface area contributed by atoms with E-state index in [4.69, 9.17) is 0 Å². The molecule has 0 fully saturated rings. The Bertz CT molecular complexity index is 847. The quantitative estimate of drug-likeness (QED) is 0.620. The fourth-order valence-electron chi connectivity index (χ4n) is 2.36. The zero-order chi connectivity index (χ0) is 17.2. The van der Waals surface area contributed by atoms with Crippen LogP contribution in [0.2, 0.25) is 0 Å². The van der Waals surface area contributed by atoms with E-state index in [9.17, 15) is 18.5 Å². The molecule has 0 unspecified atom stereocenters. The van der Waals surface area contributed by atoms with Crippen LogP contribution in [0.1, 0.15) is 18.1 Å². The van der Waals surface area contributed by atoms with Crippen molar-refractivity contribution in [3.63, 3.8) is 0 Å². The first-order chi connectivity index (χ1) is 10.8. The van der Waals surface area contributed by atoms with Gasteiger partial charge in [-0.05, 0) is 44.0 Å². The molecule has 0 aliphatic heterocycles. The number of anilines is 1. The van der Waals surface area contributed by atoms with E-state index in [1.165, 1.54) is 22.5 Å². The van der Waals surface area contributed by atoms with E-state index < -0.39 is 14.9 Å². The minimum atomic E-state index is -3.87. The maximum atomic E-state index is 12.9. The Kier molecular flexibility index (Phi) is 4.70. The van der Waals surface area contributed by atoms with Gasteiger partial charge in [-0.1, -0.05) is 18.2 Å². The molecular formula is C16H18N2O4S. The lowest BCUT2D eigenvalue weighted by atomic mass is 10.1. The SMILES string of the molecule is CCN(c1cccc(C)c1C)S(=O)(=O)c1cccc([N+](=O)[O-])c1. The normalized spacial score (nSPS) is 11.3. The molecule has 0 atom stereocenters. The second kappa shape index (κ2) is 6.37. The summed E-state index contributed by atoms with van der Waals surface area (Å²) < 4.78 is 27.1. The highest BCUT2D eigenvalue weighted by Crippen LogP contribution is 2.29. The van der Waals surface area contributed by atoms with E-state index in [2.05, 4.69) is 0 Å². The summed E-state index contributed by atoms with van der Waals surface area (Å²) in [4.78, 5) is 10.2.